The van der Waals surface area contributed by atoms with Gasteiger partial charge >= 0.3 is 0 Å². The normalized spacial score (nSPS) is 12.7. The minimum Gasteiger partial charge on any atom is -0.383 e. The van der Waals surface area contributed by atoms with Crippen LogP contribution in [0.15, 0.2) is 49.1 Å². The largest absolute Gasteiger partial charge is 0.383 e. The number of rotatable bonds is 4. The second-order valence-electron chi connectivity index (χ2n) is 6.84. The van der Waals surface area contributed by atoms with E-state index in [-0.39, 0.29) is 11.8 Å². The van der Waals surface area contributed by atoms with Crippen LogP contribution in [-0.2, 0) is 4.79 Å². The Morgan fingerprint density at radius 1 is 1.17 bits per heavy atom. The van der Waals surface area contributed by atoms with Crippen LogP contribution in [0.2, 0.25) is 0 Å². The van der Waals surface area contributed by atoms with Crippen molar-refractivity contribution in [1.82, 2.24) is 25.1 Å². The van der Waals surface area contributed by atoms with Gasteiger partial charge in [-0.1, -0.05) is 0 Å². The molecule has 1 saturated carbocycles. The molecule has 9 heteroatoms. The fourth-order valence-corrected chi connectivity index (χ4v) is 3.19. The van der Waals surface area contributed by atoms with E-state index in [4.69, 9.17) is 11.0 Å². The second-order valence-corrected chi connectivity index (χ2v) is 6.84. The molecule has 0 spiro atoms. The molecule has 0 aliphatic heterocycles. The summed E-state index contributed by atoms with van der Waals surface area (Å²) >= 11 is 0. The second kappa shape index (κ2) is 7.97. The van der Waals surface area contributed by atoms with Gasteiger partial charge in [-0.25, -0.2) is 15.2 Å². The summed E-state index contributed by atoms with van der Waals surface area (Å²) in [6.07, 6.45) is 8.70. The number of carbonyl (C=O) groups is 1. The van der Waals surface area contributed by atoms with Crippen LogP contribution < -0.4 is 11.1 Å². The first-order valence-electron chi connectivity index (χ1n) is 9.26. The lowest BCUT2D eigenvalue weighted by atomic mass is 10.0. The molecule has 4 aromatic heterocycles. The first kappa shape index (κ1) is 19.0. The Balaban J connectivity index is 0.00000106. The quantitative estimate of drug-likeness (QED) is 0.478. The highest BCUT2D eigenvalue weighted by Gasteiger charge is 2.29. The van der Waals surface area contributed by atoms with E-state index in [9.17, 15) is 4.79 Å². The van der Waals surface area contributed by atoms with E-state index in [1.54, 1.807) is 24.8 Å². The van der Waals surface area contributed by atoms with E-state index in [0.29, 0.717) is 17.3 Å². The number of nitrogens with one attached hydrogen (secondary N) is 2. The summed E-state index contributed by atoms with van der Waals surface area (Å²) in [4.78, 5) is 25.1. The molecule has 4 N–H and O–H groups in total. The molecule has 0 aromatic carbocycles. The maximum absolute atomic E-state index is 12.0. The zero-order valence-electron chi connectivity index (χ0n) is 15.9. The molecule has 9 nitrogen and oxygen atoms in total. The summed E-state index contributed by atoms with van der Waals surface area (Å²) < 4.78 is 0. The number of aromatic amines is 1. The third kappa shape index (κ3) is 3.66. The Kier molecular flexibility index (Phi) is 5.05. The molecular formula is C21H18N8O. The first-order valence-corrected chi connectivity index (χ1v) is 9.26. The lowest BCUT2D eigenvalue weighted by Gasteiger charge is -2.11. The molecule has 0 atom stereocenters. The van der Waals surface area contributed by atoms with Gasteiger partial charge in [-0.15, -0.1) is 0 Å². The van der Waals surface area contributed by atoms with Crippen molar-refractivity contribution in [1.29, 1.82) is 5.26 Å². The van der Waals surface area contributed by atoms with Gasteiger partial charge in [0.1, 0.15) is 11.6 Å². The first-order chi connectivity index (χ1) is 14.7. The van der Waals surface area contributed by atoms with Crippen LogP contribution in [0, 0.1) is 17.8 Å². The number of pyridine rings is 3. The molecule has 5 rings (SSSR count). The van der Waals surface area contributed by atoms with Crippen LogP contribution >= 0.6 is 0 Å². The Morgan fingerprint density at radius 2 is 2.00 bits per heavy atom. The van der Waals surface area contributed by atoms with Gasteiger partial charge in [-0.2, -0.15) is 5.10 Å². The summed E-state index contributed by atoms with van der Waals surface area (Å²) in [5, 5.41) is 17.9. The summed E-state index contributed by atoms with van der Waals surface area (Å²) in [7, 11) is 0. The molecule has 0 saturated heterocycles. The van der Waals surface area contributed by atoms with Crippen LogP contribution in [0.1, 0.15) is 12.8 Å². The minimum atomic E-state index is 0.0166. The maximum atomic E-state index is 12.0. The molecular weight excluding hydrogens is 380 g/mol. The number of H-pyrrole nitrogens is 1. The molecule has 0 unspecified atom stereocenters. The summed E-state index contributed by atoms with van der Waals surface area (Å²) in [6, 6.07) is 7.54. The van der Waals surface area contributed by atoms with Crippen molar-refractivity contribution < 1.29 is 4.79 Å². The van der Waals surface area contributed by atoms with Gasteiger partial charge in [-0.05, 0) is 42.5 Å². The molecule has 30 heavy (non-hydrogen) atoms. The van der Waals surface area contributed by atoms with Crippen molar-refractivity contribution in [3.05, 3.63) is 49.1 Å². The monoisotopic (exact) mass is 398 g/mol. The van der Waals surface area contributed by atoms with Crippen molar-refractivity contribution in [2.45, 2.75) is 12.8 Å². The van der Waals surface area contributed by atoms with Gasteiger partial charge < -0.3 is 11.1 Å². The number of carbonyl (C=O) groups excluding carboxylic acids is 1. The lowest BCUT2D eigenvalue weighted by molar-refractivity contribution is -0.117. The zero-order chi connectivity index (χ0) is 21.1. The highest BCUT2D eigenvalue weighted by atomic mass is 16.2. The summed E-state index contributed by atoms with van der Waals surface area (Å²) in [6.45, 7) is 3.50. The van der Waals surface area contributed by atoms with Gasteiger partial charge in [0, 0.05) is 53.8 Å². The number of anilines is 2. The standard InChI is InChI=1S/C20H17N7O.CHN/c21-19-14-10-23-18(26-20(28)11-1-2-11)8-12(14)7-17(25-19)15-9-22-5-3-13(15)16-4-6-24-27-16;1-2/h3-11H,1-2H2,(H2,21,25)(H,24,27)(H,23,26,28);1H. The van der Waals surface area contributed by atoms with Gasteiger partial charge in [0.05, 0.1) is 11.4 Å². The number of aromatic nitrogens is 5. The minimum absolute atomic E-state index is 0.0166. The van der Waals surface area contributed by atoms with E-state index >= 15 is 0 Å². The smallest absolute Gasteiger partial charge is 0.228 e. The third-order valence-corrected chi connectivity index (χ3v) is 4.83. The van der Waals surface area contributed by atoms with Crippen molar-refractivity contribution in [2.24, 2.45) is 5.92 Å². The summed E-state index contributed by atoms with van der Waals surface area (Å²) in [5.74, 6) is 1.02. The van der Waals surface area contributed by atoms with Gasteiger partial charge in [-0.3, -0.25) is 14.9 Å². The van der Waals surface area contributed by atoms with Gasteiger partial charge in [0.25, 0.3) is 0 Å². The van der Waals surface area contributed by atoms with Crippen LogP contribution in [-0.4, -0.2) is 31.1 Å². The van der Waals surface area contributed by atoms with E-state index in [1.807, 2.05) is 24.3 Å². The third-order valence-electron chi connectivity index (χ3n) is 4.83. The van der Waals surface area contributed by atoms with Crippen LogP contribution in [0.25, 0.3) is 33.3 Å². The van der Waals surface area contributed by atoms with E-state index in [0.717, 1.165) is 40.4 Å². The van der Waals surface area contributed by atoms with Crippen LogP contribution in [0.4, 0.5) is 11.6 Å². The Morgan fingerprint density at radius 3 is 2.73 bits per heavy atom. The number of amides is 1. The number of nitriles is 1. The SMILES string of the molecule is C#N.Nc1nc(-c2cnccc2-c2ccn[nH]2)cc2cc(NC(=O)C3CC3)ncc12. The van der Waals surface area contributed by atoms with Crippen molar-refractivity contribution >= 4 is 28.3 Å². The molecule has 4 aromatic rings. The summed E-state index contributed by atoms with van der Waals surface area (Å²) in [5.41, 5.74) is 9.51. The zero-order valence-corrected chi connectivity index (χ0v) is 15.9. The Bertz CT molecular complexity index is 1230. The number of nitrogens with zero attached hydrogens (tertiary/aromatic N) is 5. The molecule has 1 amide bonds. The predicted molar refractivity (Wildman–Crippen MR) is 113 cm³/mol. The van der Waals surface area contributed by atoms with Crippen LogP contribution in [0.3, 0.4) is 0 Å². The number of hydrogen-bond donors (Lipinski definition) is 3. The maximum Gasteiger partial charge on any atom is 0.228 e. The van der Waals surface area contributed by atoms with E-state index < -0.39 is 0 Å². The van der Waals surface area contributed by atoms with Gasteiger partial charge in [0.2, 0.25) is 5.91 Å². The molecule has 0 bridgehead atoms. The highest BCUT2D eigenvalue weighted by molar-refractivity contribution is 5.98. The number of fused-ring (bicyclic) bond motifs is 1. The molecule has 1 fully saturated rings. The predicted octanol–water partition coefficient (Wildman–Crippen LogP) is 3.15. The fraction of sp³-hybridized carbons (Fsp3) is 0.143. The Labute approximate surface area is 172 Å². The molecule has 1 aliphatic rings. The van der Waals surface area contributed by atoms with Gasteiger partial charge in [0.15, 0.2) is 0 Å². The topological polar surface area (TPSA) is 146 Å². The Hall–Kier alpha value is -4.32. The number of nitrogens with two attached hydrogens (primary N) is 1. The van der Waals surface area contributed by atoms with Crippen LogP contribution in [0.5, 0.6) is 0 Å². The van der Waals surface area contributed by atoms with Crippen molar-refractivity contribution in [3.8, 4) is 29.1 Å². The van der Waals surface area contributed by atoms with Crippen molar-refractivity contribution in [2.75, 3.05) is 11.1 Å². The molecule has 0 radical (unpaired) electrons. The average molecular weight is 398 g/mol. The molecule has 1 aliphatic carbocycles. The molecule has 148 valence electrons. The van der Waals surface area contributed by atoms with E-state index in [1.165, 1.54) is 0 Å². The highest BCUT2D eigenvalue weighted by Crippen LogP contribution is 2.33. The van der Waals surface area contributed by atoms with Crippen molar-refractivity contribution in [3.63, 3.8) is 0 Å². The number of nitrogen functional groups attached to an aromatic ring is 1. The van der Waals surface area contributed by atoms with E-state index in [2.05, 4.69) is 37.0 Å². The molecule has 4 heterocycles. The lowest BCUT2D eigenvalue weighted by Crippen LogP contribution is -2.14. The average Bonchev–Trinajstić information content (AvgIpc) is 3.49. The fourth-order valence-electron chi connectivity index (χ4n) is 3.19. The number of hydrogen-bond acceptors (Lipinski definition) is 7.